The lowest BCUT2D eigenvalue weighted by Crippen LogP contribution is -2.38. The number of piperidine rings is 1. The van der Waals surface area contributed by atoms with E-state index >= 15 is 0 Å². The van der Waals surface area contributed by atoms with Crippen molar-refractivity contribution in [2.45, 2.75) is 12.3 Å². The zero-order chi connectivity index (χ0) is 16.8. The van der Waals surface area contributed by atoms with Crippen molar-refractivity contribution in [3.63, 3.8) is 0 Å². The maximum Gasteiger partial charge on any atom is 0.120 e. The third-order valence-corrected chi connectivity index (χ3v) is 4.58. The molecule has 24 heavy (non-hydrogen) atoms. The summed E-state index contributed by atoms with van der Waals surface area (Å²) >= 11 is 0. The van der Waals surface area contributed by atoms with Crippen LogP contribution in [0.4, 0.5) is 0 Å². The highest BCUT2D eigenvalue weighted by atomic mass is 16.5. The normalized spacial score (nSPS) is 20.2. The largest absolute Gasteiger partial charge is 0.497 e. The van der Waals surface area contributed by atoms with E-state index in [-0.39, 0.29) is 0 Å². The molecule has 1 aliphatic rings. The van der Waals surface area contributed by atoms with Crippen LogP contribution in [0.1, 0.15) is 23.5 Å². The lowest BCUT2D eigenvalue weighted by Gasteiger charge is -2.32. The predicted molar refractivity (Wildman–Crippen MR) is 93.4 cm³/mol. The number of rotatable bonds is 5. The van der Waals surface area contributed by atoms with Gasteiger partial charge in [-0.15, -0.1) is 0 Å². The second-order valence-corrected chi connectivity index (χ2v) is 6.08. The molecule has 3 rings (SSSR count). The Labute approximate surface area is 143 Å². The number of hydrogen-bond acceptors (Lipinski definition) is 4. The van der Waals surface area contributed by atoms with Crippen molar-refractivity contribution in [1.29, 1.82) is 5.26 Å². The Balaban J connectivity index is 1.68. The quantitative estimate of drug-likeness (QED) is 0.917. The minimum atomic E-state index is 0.401. The summed E-state index contributed by atoms with van der Waals surface area (Å²) in [4.78, 5) is 0. The fraction of sp³-hybridized carbons (Fsp3) is 0.350. The Morgan fingerprint density at radius 1 is 1.17 bits per heavy atom. The highest BCUT2D eigenvalue weighted by molar-refractivity contribution is 5.36. The van der Waals surface area contributed by atoms with E-state index in [9.17, 15) is 0 Å². The van der Waals surface area contributed by atoms with E-state index < -0.39 is 0 Å². The van der Waals surface area contributed by atoms with Gasteiger partial charge >= 0.3 is 0 Å². The van der Waals surface area contributed by atoms with E-state index in [4.69, 9.17) is 14.7 Å². The minimum absolute atomic E-state index is 0.401. The van der Waals surface area contributed by atoms with Crippen molar-refractivity contribution < 1.29 is 9.47 Å². The van der Waals surface area contributed by atoms with Gasteiger partial charge in [-0.2, -0.15) is 5.26 Å². The first kappa shape index (κ1) is 16.4. The van der Waals surface area contributed by atoms with E-state index in [0.29, 0.717) is 24.0 Å². The van der Waals surface area contributed by atoms with Crippen molar-refractivity contribution in [3.05, 3.63) is 59.7 Å². The van der Waals surface area contributed by atoms with Crippen molar-refractivity contribution >= 4 is 0 Å². The van der Waals surface area contributed by atoms with Crippen molar-refractivity contribution in [2.24, 2.45) is 5.92 Å². The van der Waals surface area contributed by atoms with Crippen LogP contribution < -0.4 is 14.8 Å². The number of methoxy groups -OCH3 is 1. The summed E-state index contributed by atoms with van der Waals surface area (Å²) in [6.07, 6.45) is 1.10. The molecule has 2 atom stereocenters. The molecule has 0 spiro atoms. The van der Waals surface area contributed by atoms with Gasteiger partial charge in [0.05, 0.1) is 25.3 Å². The van der Waals surface area contributed by atoms with E-state index in [1.165, 1.54) is 5.56 Å². The third kappa shape index (κ3) is 3.87. The first-order valence-electron chi connectivity index (χ1n) is 8.28. The summed E-state index contributed by atoms with van der Waals surface area (Å²) in [7, 11) is 1.69. The first-order chi connectivity index (χ1) is 11.8. The Kier molecular flexibility index (Phi) is 5.35. The van der Waals surface area contributed by atoms with Crippen molar-refractivity contribution in [2.75, 3.05) is 26.8 Å². The topological polar surface area (TPSA) is 54.3 Å². The molecule has 2 aromatic rings. The smallest absolute Gasteiger partial charge is 0.120 e. The van der Waals surface area contributed by atoms with Gasteiger partial charge in [-0.25, -0.2) is 0 Å². The second-order valence-electron chi connectivity index (χ2n) is 6.08. The highest BCUT2D eigenvalue weighted by Crippen LogP contribution is 2.32. The Morgan fingerprint density at radius 3 is 2.75 bits per heavy atom. The highest BCUT2D eigenvalue weighted by Gasteiger charge is 2.27. The van der Waals surface area contributed by atoms with Crippen LogP contribution in [0.3, 0.4) is 0 Å². The third-order valence-electron chi connectivity index (χ3n) is 4.58. The molecule has 0 radical (unpaired) electrons. The van der Waals surface area contributed by atoms with Gasteiger partial charge in [0.2, 0.25) is 0 Å². The maximum atomic E-state index is 8.99. The first-order valence-corrected chi connectivity index (χ1v) is 8.28. The van der Waals surface area contributed by atoms with E-state index in [1.54, 1.807) is 19.2 Å². The molecular weight excluding hydrogens is 300 g/mol. The number of nitriles is 1. The van der Waals surface area contributed by atoms with Crippen LogP contribution in [0.15, 0.2) is 48.5 Å². The van der Waals surface area contributed by atoms with Crippen LogP contribution in [0.25, 0.3) is 0 Å². The monoisotopic (exact) mass is 322 g/mol. The van der Waals surface area contributed by atoms with E-state index in [0.717, 1.165) is 31.0 Å². The molecule has 0 saturated carbocycles. The van der Waals surface area contributed by atoms with Crippen molar-refractivity contribution in [1.82, 2.24) is 5.32 Å². The van der Waals surface area contributed by atoms with Crippen LogP contribution in [0.2, 0.25) is 0 Å². The Morgan fingerprint density at radius 2 is 2.00 bits per heavy atom. The molecule has 1 aliphatic heterocycles. The van der Waals surface area contributed by atoms with Crippen LogP contribution in [-0.2, 0) is 0 Å². The molecule has 1 fully saturated rings. The number of ether oxygens (including phenoxy) is 2. The molecule has 4 heteroatoms. The summed E-state index contributed by atoms with van der Waals surface area (Å²) in [6.45, 7) is 2.60. The number of nitrogens with zero attached hydrogens (tertiary/aromatic N) is 1. The lowest BCUT2D eigenvalue weighted by atomic mass is 9.81. The zero-order valence-corrected chi connectivity index (χ0v) is 13.9. The molecule has 1 saturated heterocycles. The molecule has 0 amide bonds. The van der Waals surface area contributed by atoms with Gasteiger partial charge < -0.3 is 14.8 Å². The molecule has 0 aliphatic carbocycles. The minimum Gasteiger partial charge on any atom is -0.497 e. The fourth-order valence-electron chi connectivity index (χ4n) is 3.25. The number of benzene rings is 2. The van der Waals surface area contributed by atoms with Gasteiger partial charge in [0.25, 0.3) is 0 Å². The van der Waals surface area contributed by atoms with Gasteiger partial charge in [0, 0.05) is 12.5 Å². The standard InChI is InChI=1S/C20H22N2O2/c1-23-18-7-5-16(6-8-18)20-9-10-22-13-17(20)14-24-19-4-2-3-15(11-19)12-21/h2-8,11,17,20,22H,9-10,13-14H2,1H3/t17-,20+/m1/s1. The number of nitrogens with one attached hydrogen (secondary N) is 1. The number of hydrogen-bond donors (Lipinski definition) is 1. The summed E-state index contributed by atoms with van der Waals surface area (Å²) in [6, 6.07) is 17.8. The summed E-state index contributed by atoms with van der Waals surface area (Å²) < 4.78 is 11.2. The molecule has 0 unspecified atom stereocenters. The van der Waals surface area contributed by atoms with Gasteiger partial charge in [-0.05, 0) is 54.8 Å². The summed E-state index contributed by atoms with van der Waals surface area (Å²) in [5, 5.41) is 12.4. The predicted octanol–water partition coefficient (Wildman–Crippen LogP) is 3.34. The molecule has 2 aromatic carbocycles. The van der Waals surface area contributed by atoms with E-state index in [2.05, 4.69) is 23.5 Å². The van der Waals surface area contributed by atoms with Gasteiger partial charge in [-0.3, -0.25) is 0 Å². The SMILES string of the molecule is COc1ccc([C@@H]2CCNC[C@@H]2COc2cccc(C#N)c2)cc1. The van der Waals surface area contributed by atoms with E-state index in [1.807, 2.05) is 24.3 Å². The summed E-state index contributed by atoms with van der Waals surface area (Å²) in [5.74, 6) is 2.51. The Hall–Kier alpha value is -2.51. The molecule has 0 aromatic heterocycles. The zero-order valence-electron chi connectivity index (χ0n) is 13.9. The lowest BCUT2D eigenvalue weighted by molar-refractivity contribution is 0.197. The average molecular weight is 322 g/mol. The van der Waals surface area contributed by atoms with Crippen molar-refractivity contribution in [3.8, 4) is 17.6 Å². The van der Waals surface area contributed by atoms with Gasteiger partial charge in [0.15, 0.2) is 0 Å². The fourth-order valence-corrected chi connectivity index (χ4v) is 3.25. The van der Waals surface area contributed by atoms with Crippen LogP contribution in [0, 0.1) is 17.2 Å². The van der Waals surface area contributed by atoms with Gasteiger partial charge in [-0.1, -0.05) is 18.2 Å². The average Bonchev–Trinajstić information content (AvgIpc) is 2.67. The molecule has 0 bridgehead atoms. The molecular formula is C20H22N2O2. The molecule has 124 valence electrons. The summed E-state index contributed by atoms with van der Waals surface area (Å²) in [5.41, 5.74) is 1.96. The molecule has 1 N–H and O–H groups in total. The molecule has 1 heterocycles. The second kappa shape index (κ2) is 7.85. The van der Waals surface area contributed by atoms with Crippen LogP contribution in [0.5, 0.6) is 11.5 Å². The van der Waals surface area contributed by atoms with Gasteiger partial charge in [0.1, 0.15) is 11.5 Å². The Bertz CT molecular complexity index is 706. The van der Waals surface area contributed by atoms with Crippen LogP contribution >= 0.6 is 0 Å². The molecule has 4 nitrogen and oxygen atoms in total. The van der Waals surface area contributed by atoms with Crippen LogP contribution in [-0.4, -0.2) is 26.8 Å². The maximum absolute atomic E-state index is 8.99.